The molecule has 1 fully saturated rings. The first-order valence-electron chi connectivity index (χ1n) is 8.47. The predicted molar refractivity (Wildman–Crippen MR) is 99.9 cm³/mol. The van der Waals surface area contributed by atoms with Gasteiger partial charge in [0.15, 0.2) is 11.5 Å². The lowest BCUT2D eigenvalue weighted by molar-refractivity contribution is -0.131. The molecule has 0 spiro atoms. The summed E-state index contributed by atoms with van der Waals surface area (Å²) in [5.74, 6) is 0.653. The van der Waals surface area contributed by atoms with Gasteiger partial charge in [-0.15, -0.1) is 11.3 Å². The Bertz CT molecular complexity index is 776. The van der Waals surface area contributed by atoms with Gasteiger partial charge in [-0.3, -0.25) is 9.59 Å². The molecule has 1 saturated heterocycles. The van der Waals surface area contributed by atoms with Crippen LogP contribution in [-0.4, -0.2) is 44.0 Å². The molecule has 1 aromatic carbocycles. The maximum atomic E-state index is 12.6. The second-order valence-corrected chi connectivity index (χ2v) is 6.99. The number of amides is 2. The third-order valence-corrected chi connectivity index (χ3v) is 5.46. The van der Waals surface area contributed by atoms with Gasteiger partial charge in [0.1, 0.15) is 0 Å². The second-order valence-electron chi connectivity index (χ2n) is 6.01. The highest BCUT2D eigenvalue weighted by Crippen LogP contribution is 2.34. The summed E-state index contributed by atoms with van der Waals surface area (Å²) < 4.78 is 10.4. The largest absolute Gasteiger partial charge is 0.493 e. The first kappa shape index (κ1) is 18.3. The number of thiophene rings is 1. The average Bonchev–Trinajstić information content (AvgIpc) is 3.36. The van der Waals surface area contributed by atoms with E-state index in [-0.39, 0.29) is 24.4 Å². The topological polar surface area (TPSA) is 67.9 Å². The van der Waals surface area contributed by atoms with Gasteiger partial charge in [-0.2, -0.15) is 0 Å². The highest BCUT2D eigenvalue weighted by atomic mass is 32.1. The molecule has 1 aromatic heterocycles. The fraction of sp³-hybridized carbons (Fsp3) is 0.368. The van der Waals surface area contributed by atoms with Crippen LogP contribution in [0.15, 0.2) is 35.7 Å². The van der Waals surface area contributed by atoms with Crippen molar-refractivity contribution < 1.29 is 19.1 Å². The highest BCUT2D eigenvalue weighted by molar-refractivity contribution is 7.10. The number of rotatable bonds is 6. The minimum absolute atomic E-state index is 0.0188. The zero-order valence-electron chi connectivity index (χ0n) is 14.9. The van der Waals surface area contributed by atoms with Gasteiger partial charge in [-0.25, -0.2) is 0 Å². The maximum Gasteiger partial charge on any atom is 0.251 e. The molecule has 2 amide bonds. The second kappa shape index (κ2) is 8.23. The minimum atomic E-state index is -0.314. The summed E-state index contributed by atoms with van der Waals surface area (Å²) in [6.07, 6.45) is 1.95. The molecule has 1 atom stereocenters. The van der Waals surface area contributed by atoms with Crippen LogP contribution >= 0.6 is 11.3 Å². The van der Waals surface area contributed by atoms with Crippen molar-refractivity contribution in [3.8, 4) is 11.5 Å². The van der Waals surface area contributed by atoms with Crippen molar-refractivity contribution in [1.29, 1.82) is 0 Å². The van der Waals surface area contributed by atoms with Gasteiger partial charge in [0.05, 0.1) is 26.8 Å². The Kier molecular flexibility index (Phi) is 5.78. The van der Waals surface area contributed by atoms with E-state index in [2.05, 4.69) is 11.4 Å². The number of ether oxygens (including phenoxy) is 2. The van der Waals surface area contributed by atoms with Crippen LogP contribution in [0.5, 0.6) is 11.5 Å². The van der Waals surface area contributed by atoms with Gasteiger partial charge in [0.25, 0.3) is 5.91 Å². The highest BCUT2D eigenvalue weighted by Gasteiger charge is 2.30. The van der Waals surface area contributed by atoms with Crippen LogP contribution in [0, 0.1) is 0 Å². The lowest BCUT2D eigenvalue weighted by atomic mass is 10.2. The lowest BCUT2D eigenvalue weighted by Gasteiger charge is -2.24. The minimum Gasteiger partial charge on any atom is -0.493 e. The first-order chi connectivity index (χ1) is 12.6. The van der Waals surface area contributed by atoms with E-state index in [0.717, 1.165) is 19.4 Å². The van der Waals surface area contributed by atoms with Gasteiger partial charge in [0.2, 0.25) is 5.91 Å². The van der Waals surface area contributed by atoms with Gasteiger partial charge >= 0.3 is 0 Å². The Balaban J connectivity index is 1.61. The van der Waals surface area contributed by atoms with E-state index < -0.39 is 0 Å². The average molecular weight is 374 g/mol. The SMILES string of the molecule is COc1ccc(C(=O)NCC(=O)N2CCCC2c2cccs2)cc1OC. The molecule has 0 saturated carbocycles. The van der Waals surface area contributed by atoms with Gasteiger partial charge in [-0.1, -0.05) is 6.07 Å². The fourth-order valence-electron chi connectivity index (χ4n) is 3.18. The van der Waals surface area contributed by atoms with Crippen LogP contribution < -0.4 is 14.8 Å². The molecule has 0 radical (unpaired) electrons. The number of hydrogen-bond donors (Lipinski definition) is 1. The molecule has 1 unspecified atom stereocenters. The first-order valence-corrected chi connectivity index (χ1v) is 9.35. The van der Waals surface area contributed by atoms with Crippen LogP contribution in [0.3, 0.4) is 0 Å². The summed E-state index contributed by atoms with van der Waals surface area (Å²) in [6, 6.07) is 9.10. The Hall–Kier alpha value is -2.54. The smallest absolute Gasteiger partial charge is 0.251 e. The third-order valence-electron chi connectivity index (χ3n) is 4.49. The van der Waals surface area contributed by atoms with E-state index in [1.807, 2.05) is 16.3 Å². The molecule has 0 aliphatic carbocycles. The molecule has 1 N–H and O–H groups in total. The Morgan fingerprint density at radius 3 is 2.73 bits per heavy atom. The number of methoxy groups -OCH3 is 2. The van der Waals surface area contributed by atoms with Crippen LogP contribution in [0.1, 0.15) is 34.1 Å². The van der Waals surface area contributed by atoms with E-state index in [4.69, 9.17) is 9.47 Å². The van der Waals surface area contributed by atoms with Crippen molar-refractivity contribution in [1.82, 2.24) is 10.2 Å². The Morgan fingerprint density at radius 2 is 2.04 bits per heavy atom. The Morgan fingerprint density at radius 1 is 1.23 bits per heavy atom. The van der Waals surface area contributed by atoms with Gasteiger partial charge in [-0.05, 0) is 42.5 Å². The van der Waals surface area contributed by atoms with Crippen molar-refractivity contribution in [3.63, 3.8) is 0 Å². The zero-order chi connectivity index (χ0) is 18.5. The number of likely N-dealkylation sites (tertiary alicyclic amines) is 1. The number of nitrogens with zero attached hydrogens (tertiary/aromatic N) is 1. The molecule has 0 bridgehead atoms. The van der Waals surface area contributed by atoms with Crippen LogP contribution in [0.2, 0.25) is 0 Å². The third kappa shape index (κ3) is 3.83. The number of carbonyl (C=O) groups excluding carboxylic acids is 2. The summed E-state index contributed by atoms with van der Waals surface area (Å²) in [5, 5.41) is 4.73. The number of hydrogen-bond acceptors (Lipinski definition) is 5. The number of carbonyl (C=O) groups is 2. The molecule has 2 heterocycles. The maximum absolute atomic E-state index is 12.6. The predicted octanol–water partition coefficient (Wildman–Crippen LogP) is 2.86. The van der Waals surface area contributed by atoms with Crippen molar-refractivity contribution >= 4 is 23.2 Å². The van der Waals surface area contributed by atoms with E-state index in [1.54, 1.807) is 29.5 Å². The van der Waals surface area contributed by atoms with Crippen molar-refractivity contribution in [2.75, 3.05) is 27.3 Å². The number of nitrogens with one attached hydrogen (secondary N) is 1. The van der Waals surface area contributed by atoms with Gasteiger partial charge in [0, 0.05) is 17.0 Å². The van der Waals surface area contributed by atoms with Crippen LogP contribution in [0.4, 0.5) is 0 Å². The molecule has 1 aliphatic heterocycles. The monoisotopic (exact) mass is 374 g/mol. The van der Waals surface area contributed by atoms with Crippen molar-refractivity contribution in [3.05, 3.63) is 46.2 Å². The quantitative estimate of drug-likeness (QED) is 0.844. The summed E-state index contributed by atoms with van der Waals surface area (Å²) in [5.41, 5.74) is 0.423. The van der Waals surface area contributed by atoms with Crippen LogP contribution in [0.25, 0.3) is 0 Å². The van der Waals surface area contributed by atoms with E-state index in [9.17, 15) is 9.59 Å². The number of benzene rings is 1. The van der Waals surface area contributed by atoms with Crippen molar-refractivity contribution in [2.45, 2.75) is 18.9 Å². The molecule has 7 heteroatoms. The van der Waals surface area contributed by atoms with E-state index in [0.29, 0.717) is 17.1 Å². The molecular weight excluding hydrogens is 352 g/mol. The zero-order valence-corrected chi connectivity index (χ0v) is 15.7. The normalized spacial score (nSPS) is 16.4. The summed E-state index contributed by atoms with van der Waals surface area (Å²) >= 11 is 1.66. The lowest BCUT2D eigenvalue weighted by Crippen LogP contribution is -2.39. The summed E-state index contributed by atoms with van der Waals surface area (Å²) in [4.78, 5) is 28.0. The van der Waals surface area contributed by atoms with Crippen molar-refractivity contribution in [2.24, 2.45) is 0 Å². The molecule has 3 rings (SSSR count). The molecule has 6 nitrogen and oxygen atoms in total. The van der Waals surface area contributed by atoms with Crippen LogP contribution in [-0.2, 0) is 4.79 Å². The van der Waals surface area contributed by atoms with E-state index >= 15 is 0 Å². The molecular formula is C19H22N2O4S. The Labute approximate surface area is 156 Å². The molecule has 2 aromatic rings. The van der Waals surface area contributed by atoms with E-state index in [1.165, 1.54) is 19.1 Å². The molecule has 138 valence electrons. The standard InChI is InChI=1S/C19H22N2O4S/c1-24-15-8-7-13(11-16(15)25-2)19(23)20-12-18(22)21-9-3-5-14(21)17-6-4-10-26-17/h4,6-8,10-11,14H,3,5,9,12H2,1-2H3,(H,20,23). The molecule has 26 heavy (non-hydrogen) atoms. The summed E-state index contributed by atoms with van der Waals surface area (Å²) in [6.45, 7) is 0.711. The summed E-state index contributed by atoms with van der Waals surface area (Å²) in [7, 11) is 3.05. The van der Waals surface area contributed by atoms with Gasteiger partial charge < -0.3 is 19.7 Å². The fourth-order valence-corrected chi connectivity index (χ4v) is 4.05. The molecule has 1 aliphatic rings.